The van der Waals surface area contributed by atoms with E-state index in [1.54, 1.807) is 0 Å². The highest BCUT2D eigenvalue weighted by atomic mass is 32.1. The molecule has 258 valence electrons. The van der Waals surface area contributed by atoms with Gasteiger partial charge in [0.2, 0.25) is 0 Å². The minimum atomic E-state index is 1.11. The van der Waals surface area contributed by atoms with Gasteiger partial charge in [-0.1, -0.05) is 127 Å². The Kier molecular flexibility index (Phi) is 7.39. The fourth-order valence-corrected chi connectivity index (χ4v) is 9.44. The molecule has 3 heteroatoms. The first-order valence-corrected chi connectivity index (χ1v) is 19.6. The zero-order valence-corrected chi connectivity index (χ0v) is 30.7. The third-order valence-electron chi connectivity index (χ3n) is 11.0. The number of benzene rings is 9. The van der Waals surface area contributed by atoms with Crippen LogP contribution in [0.25, 0.3) is 80.7 Å². The van der Waals surface area contributed by atoms with E-state index in [-0.39, 0.29) is 0 Å². The van der Waals surface area contributed by atoms with Crippen LogP contribution in [0.3, 0.4) is 0 Å². The average molecular weight is 719 g/mol. The van der Waals surface area contributed by atoms with Gasteiger partial charge in [0.05, 0.1) is 16.7 Å². The van der Waals surface area contributed by atoms with Gasteiger partial charge >= 0.3 is 0 Å². The SMILES string of the molecule is c1ccc(-n2c3ccccc3c3cc(-c4ccc(N(c5ccc(-c6ccc7sc8ccccc8c7c6)cc5)c5cccc6ccccc56)cc4)ccc32)cc1. The van der Waals surface area contributed by atoms with Gasteiger partial charge in [-0.25, -0.2) is 0 Å². The first kappa shape index (κ1) is 31.6. The number of hydrogen-bond donors (Lipinski definition) is 0. The van der Waals surface area contributed by atoms with E-state index in [4.69, 9.17) is 0 Å². The summed E-state index contributed by atoms with van der Waals surface area (Å²) in [5, 5.41) is 7.59. The second-order valence-corrected chi connectivity index (χ2v) is 15.2. The highest BCUT2D eigenvalue weighted by Crippen LogP contribution is 2.42. The summed E-state index contributed by atoms with van der Waals surface area (Å²) in [6, 6.07) is 75.2. The largest absolute Gasteiger partial charge is 0.310 e. The Morgan fingerprint density at radius 2 is 0.891 bits per heavy atom. The number of anilines is 3. The molecule has 0 N–H and O–H groups in total. The van der Waals surface area contributed by atoms with Crippen molar-refractivity contribution < 1.29 is 0 Å². The van der Waals surface area contributed by atoms with Crippen LogP contribution < -0.4 is 4.90 Å². The molecule has 2 nitrogen and oxygen atoms in total. The maximum Gasteiger partial charge on any atom is 0.0541 e. The minimum absolute atomic E-state index is 1.11. The summed E-state index contributed by atoms with van der Waals surface area (Å²) in [7, 11) is 0. The van der Waals surface area contributed by atoms with Gasteiger partial charge in [-0.3, -0.25) is 0 Å². The smallest absolute Gasteiger partial charge is 0.0541 e. The van der Waals surface area contributed by atoms with Crippen molar-refractivity contribution in [3.05, 3.63) is 206 Å². The standard InChI is InChI=1S/C52H34N2S/c1-2-13-40(14-3-1)54-49-18-8-6-16-44(49)46-33-38(25-31-50(46)54)35-21-27-41(28-22-35)53(48-19-10-12-37-11-4-5-15-43(37)48)42-29-23-36(24-30-42)39-26-32-52-47(34-39)45-17-7-9-20-51(45)55-52/h1-34H. The van der Waals surface area contributed by atoms with Crippen LogP contribution in [0.1, 0.15) is 0 Å². The van der Waals surface area contributed by atoms with Crippen molar-refractivity contribution in [3.63, 3.8) is 0 Å². The number of aromatic nitrogens is 1. The number of para-hydroxylation sites is 2. The van der Waals surface area contributed by atoms with Gasteiger partial charge in [-0.15, -0.1) is 11.3 Å². The molecule has 55 heavy (non-hydrogen) atoms. The molecule has 0 amide bonds. The topological polar surface area (TPSA) is 8.17 Å². The van der Waals surface area contributed by atoms with Crippen LogP contribution in [0.2, 0.25) is 0 Å². The molecule has 0 fully saturated rings. The van der Waals surface area contributed by atoms with E-state index in [1.165, 1.54) is 80.7 Å². The molecule has 11 aromatic rings. The lowest BCUT2D eigenvalue weighted by atomic mass is 10.0. The Labute approximate surface area is 323 Å². The molecule has 11 rings (SSSR count). The molecule has 2 aromatic heterocycles. The van der Waals surface area contributed by atoms with Crippen LogP contribution in [0.4, 0.5) is 17.1 Å². The zero-order chi connectivity index (χ0) is 36.3. The lowest BCUT2D eigenvalue weighted by molar-refractivity contribution is 1.18. The summed E-state index contributed by atoms with van der Waals surface area (Å²) in [4.78, 5) is 2.39. The van der Waals surface area contributed by atoms with E-state index < -0.39 is 0 Å². The molecule has 0 aliphatic heterocycles. The summed E-state index contributed by atoms with van der Waals surface area (Å²) in [6.45, 7) is 0. The first-order chi connectivity index (χ1) is 27.3. The van der Waals surface area contributed by atoms with Crippen LogP contribution in [0.5, 0.6) is 0 Å². The fourth-order valence-electron chi connectivity index (χ4n) is 8.35. The quantitative estimate of drug-likeness (QED) is 0.166. The first-order valence-electron chi connectivity index (χ1n) is 18.8. The summed E-state index contributed by atoms with van der Waals surface area (Å²) in [5.74, 6) is 0. The van der Waals surface area contributed by atoms with Crippen molar-refractivity contribution >= 4 is 81.1 Å². The van der Waals surface area contributed by atoms with Crippen LogP contribution in [0, 0.1) is 0 Å². The molecular weight excluding hydrogens is 685 g/mol. The lowest BCUT2D eigenvalue weighted by Gasteiger charge is -2.27. The number of thiophene rings is 1. The van der Waals surface area contributed by atoms with E-state index in [0.29, 0.717) is 0 Å². The van der Waals surface area contributed by atoms with Gasteiger partial charge < -0.3 is 9.47 Å². The molecule has 0 aliphatic rings. The van der Waals surface area contributed by atoms with Crippen molar-refractivity contribution in [1.82, 2.24) is 4.57 Å². The van der Waals surface area contributed by atoms with E-state index in [2.05, 4.69) is 216 Å². The predicted octanol–water partition coefficient (Wildman–Crippen LogP) is 15.1. The van der Waals surface area contributed by atoms with Gasteiger partial charge in [-0.05, 0) is 107 Å². The fraction of sp³-hybridized carbons (Fsp3) is 0. The Balaban J connectivity index is 0.995. The average Bonchev–Trinajstić information content (AvgIpc) is 3.80. The van der Waals surface area contributed by atoms with Gasteiger partial charge in [0, 0.05) is 53.4 Å². The lowest BCUT2D eigenvalue weighted by Crippen LogP contribution is -2.10. The predicted molar refractivity (Wildman–Crippen MR) is 237 cm³/mol. The van der Waals surface area contributed by atoms with Crippen molar-refractivity contribution in [2.45, 2.75) is 0 Å². The van der Waals surface area contributed by atoms with Crippen molar-refractivity contribution in [2.24, 2.45) is 0 Å². The molecule has 0 unspecified atom stereocenters. The Bertz CT molecular complexity index is 3180. The zero-order valence-electron chi connectivity index (χ0n) is 29.9. The Morgan fingerprint density at radius 3 is 1.65 bits per heavy atom. The second kappa shape index (κ2) is 12.9. The van der Waals surface area contributed by atoms with Gasteiger partial charge in [0.1, 0.15) is 0 Å². The maximum atomic E-state index is 2.39. The molecule has 0 aliphatic carbocycles. The summed E-state index contributed by atoms with van der Waals surface area (Å²) >= 11 is 1.86. The number of nitrogens with zero attached hydrogens (tertiary/aromatic N) is 2. The van der Waals surface area contributed by atoms with E-state index in [1.807, 2.05) is 11.3 Å². The molecule has 9 aromatic carbocycles. The second-order valence-electron chi connectivity index (χ2n) is 14.2. The van der Waals surface area contributed by atoms with Crippen LogP contribution >= 0.6 is 11.3 Å². The third kappa shape index (κ3) is 5.32. The highest BCUT2D eigenvalue weighted by molar-refractivity contribution is 7.25. The monoisotopic (exact) mass is 718 g/mol. The van der Waals surface area contributed by atoms with E-state index >= 15 is 0 Å². The van der Waals surface area contributed by atoms with Crippen molar-refractivity contribution in [3.8, 4) is 27.9 Å². The molecule has 0 saturated heterocycles. The third-order valence-corrected chi connectivity index (χ3v) is 12.1. The number of rotatable bonds is 6. The molecule has 0 spiro atoms. The normalized spacial score (nSPS) is 11.6. The summed E-state index contributed by atoms with van der Waals surface area (Å²) < 4.78 is 5.02. The van der Waals surface area contributed by atoms with Crippen LogP contribution in [-0.4, -0.2) is 4.57 Å². The molecule has 0 radical (unpaired) electrons. The maximum absolute atomic E-state index is 2.39. The van der Waals surface area contributed by atoms with Crippen LogP contribution in [-0.2, 0) is 0 Å². The van der Waals surface area contributed by atoms with Gasteiger partial charge in [-0.2, -0.15) is 0 Å². The molecule has 0 saturated carbocycles. The Morgan fingerprint density at radius 1 is 0.345 bits per heavy atom. The summed E-state index contributed by atoms with van der Waals surface area (Å²) in [5.41, 5.74) is 11.8. The minimum Gasteiger partial charge on any atom is -0.310 e. The molecule has 2 heterocycles. The molecule has 0 bridgehead atoms. The summed E-state index contributed by atoms with van der Waals surface area (Å²) in [6.07, 6.45) is 0. The van der Waals surface area contributed by atoms with Gasteiger partial charge in [0.15, 0.2) is 0 Å². The number of hydrogen-bond acceptors (Lipinski definition) is 2. The van der Waals surface area contributed by atoms with E-state index in [0.717, 1.165) is 17.1 Å². The molecular formula is C52H34N2S. The number of fused-ring (bicyclic) bond motifs is 7. The van der Waals surface area contributed by atoms with E-state index in [9.17, 15) is 0 Å². The Hall–Kier alpha value is -6.94. The van der Waals surface area contributed by atoms with Crippen LogP contribution in [0.15, 0.2) is 206 Å². The molecule has 0 atom stereocenters. The van der Waals surface area contributed by atoms with Crippen molar-refractivity contribution in [1.29, 1.82) is 0 Å². The van der Waals surface area contributed by atoms with Crippen molar-refractivity contribution in [2.75, 3.05) is 4.90 Å². The van der Waals surface area contributed by atoms with Gasteiger partial charge in [0.25, 0.3) is 0 Å². The highest BCUT2D eigenvalue weighted by Gasteiger charge is 2.17.